The molecule has 2 aromatic rings. The van der Waals surface area contributed by atoms with Crippen LogP contribution in [0.3, 0.4) is 0 Å². The lowest BCUT2D eigenvalue weighted by molar-refractivity contribution is 0.0733. The summed E-state index contributed by atoms with van der Waals surface area (Å²) in [6.07, 6.45) is 4.33. The zero-order chi connectivity index (χ0) is 21.3. The molecule has 3 heterocycles. The molecule has 4 rings (SSSR count). The van der Waals surface area contributed by atoms with Gasteiger partial charge in [-0.05, 0) is 62.1 Å². The van der Waals surface area contributed by atoms with Crippen LogP contribution in [-0.4, -0.2) is 54.8 Å². The molecule has 1 aromatic heterocycles. The fraction of sp³-hybridized carbons (Fsp3) is 0.478. The van der Waals surface area contributed by atoms with E-state index in [4.69, 9.17) is 9.47 Å². The molecule has 2 fully saturated rings. The smallest absolute Gasteiger partial charge is 0.263 e. The van der Waals surface area contributed by atoms with Crippen LogP contribution in [0.4, 0.5) is 0 Å². The van der Waals surface area contributed by atoms with Crippen molar-refractivity contribution in [3.05, 3.63) is 57.5 Å². The molecule has 1 N–H and O–H groups in total. The topological polar surface area (TPSA) is 72.8 Å². The van der Waals surface area contributed by atoms with Crippen molar-refractivity contribution in [2.24, 2.45) is 0 Å². The number of fused-ring (bicyclic) bond motifs is 1. The first-order valence-corrected chi connectivity index (χ1v) is 10.5. The predicted octanol–water partition coefficient (Wildman–Crippen LogP) is 1.99. The summed E-state index contributed by atoms with van der Waals surface area (Å²) in [6.45, 7) is 3.97. The fourth-order valence-corrected chi connectivity index (χ4v) is 4.65. The van der Waals surface area contributed by atoms with E-state index in [0.29, 0.717) is 42.6 Å². The van der Waals surface area contributed by atoms with E-state index in [9.17, 15) is 9.59 Å². The van der Waals surface area contributed by atoms with Gasteiger partial charge >= 0.3 is 0 Å². The van der Waals surface area contributed by atoms with E-state index in [1.54, 1.807) is 25.0 Å². The molecule has 7 heteroatoms. The summed E-state index contributed by atoms with van der Waals surface area (Å²) in [6, 6.07) is 8.18. The lowest BCUT2D eigenvalue weighted by Crippen LogP contribution is -2.42. The first-order valence-electron chi connectivity index (χ1n) is 10.5. The number of nitrogens with one attached hydrogen (secondary N) is 1. The molecule has 0 aliphatic carbocycles. The minimum Gasteiger partial charge on any atom is -0.493 e. The minimum absolute atomic E-state index is 0.130. The van der Waals surface area contributed by atoms with Gasteiger partial charge in [0, 0.05) is 31.4 Å². The van der Waals surface area contributed by atoms with Gasteiger partial charge in [-0.25, -0.2) is 0 Å². The molecular formula is C23H29N3O4. The number of hydrogen-bond acceptors (Lipinski definition) is 5. The third-order valence-corrected chi connectivity index (χ3v) is 6.33. The standard InChI is InChI=1S/C23H29N3O4/c1-15-7-11-25(12-8-16-4-5-19(29-2)20(14-16)30-3)22(27)21(15)23(28)26-13-9-17-18(26)6-10-24-17/h4-5,7,11,14,17-18,24H,6,8-10,12-13H2,1-3H3/t17-,18-/m0/s1. The second-order valence-electron chi connectivity index (χ2n) is 8.02. The van der Waals surface area contributed by atoms with Gasteiger partial charge in [0.25, 0.3) is 11.5 Å². The van der Waals surface area contributed by atoms with Crippen LogP contribution in [0, 0.1) is 6.92 Å². The summed E-state index contributed by atoms with van der Waals surface area (Å²) in [7, 11) is 3.21. The highest BCUT2D eigenvalue weighted by Crippen LogP contribution is 2.28. The Bertz CT molecular complexity index is 1000. The predicted molar refractivity (Wildman–Crippen MR) is 115 cm³/mol. The molecule has 1 aromatic carbocycles. The van der Waals surface area contributed by atoms with Gasteiger partial charge in [0.05, 0.1) is 14.2 Å². The summed E-state index contributed by atoms with van der Waals surface area (Å²) in [4.78, 5) is 28.3. The Balaban J connectivity index is 1.54. The van der Waals surface area contributed by atoms with Gasteiger partial charge in [0.15, 0.2) is 11.5 Å². The molecule has 0 unspecified atom stereocenters. The number of pyridine rings is 1. The van der Waals surface area contributed by atoms with Gasteiger partial charge in [0.1, 0.15) is 5.56 Å². The first kappa shape index (κ1) is 20.5. The highest BCUT2D eigenvalue weighted by Gasteiger charge is 2.40. The van der Waals surface area contributed by atoms with Crippen LogP contribution < -0.4 is 20.3 Å². The number of carbonyl (C=O) groups is 1. The largest absolute Gasteiger partial charge is 0.493 e. The Hall–Kier alpha value is -2.80. The van der Waals surface area contributed by atoms with Gasteiger partial charge in [-0.1, -0.05) is 6.07 Å². The molecule has 30 heavy (non-hydrogen) atoms. The molecule has 0 radical (unpaired) electrons. The van der Waals surface area contributed by atoms with Crippen molar-refractivity contribution in [2.45, 2.75) is 44.8 Å². The highest BCUT2D eigenvalue weighted by atomic mass is 16.5. The van der Waals surface area contributed by atoms with Crippen molar-refractivity contribution < 1.29 is 14.3 Å². The number of amides is 1. The number of benzene rings is 1. The second-order valence-corrected chi connectivity index (χ2v) is 8.02. The summed E-state index contributed by atoms with van der Waals surface area (Å²) in [5.41, 5.74) is 1.86. The molecule has 2 aliphatic heterocycles. The van der Waals surface area contributed by atoms with Crippen LogP contribution in [0.15, 0.2) is 35.3 Å². The van der Waals surface area contributed by atoms with E-state index in [1.807, 2.05) is 36.1 Å². The molecule has 7 nitrogen and oxygen atoms in total. The third kappa shape index (κ3) is 3.69. The van der Waals surface area contributed by atoms with Crippen LogP contribution in [-0.2, 0) is 13.0 Å². The maximum absolute atomic E-state index is 13.3. The maximum Gasteiger partial charge on any atom is 0.263 e. The van der Waals surface area contributed by atoms with Gasteiger partial charge in [0.2, 0.25) is 0 Å². The number of rotatable bonds is 6. The summed E-state index contributed by atoms with van der Waals surface area (Å²) in [5, 5.41) is 3.46. The molecule has 160 valence electrons. The van der Waals surface area contributed by atoms with E-state index in [2.05, 4.69) is 5.32 Å². The van der Waals surface area contributed by atoms with Gasteiger partial charge in [-0.3, -0.25) is 9.59 Å². The Morgan fingerprint density at radius 2 is 1.97 bits per heavy atom. The van der Waals surface area contributed by atoms with Crippen molar-refractivity contribution in [3.63, 3.8) is 0 Å². The number of carbonyl (C=O) groups excluding carboxylic acids is 1. The number of methoxy groups -OCH3 is 2. The van der Waals surface area contributed by atoms with Gasteiger partial charge in [-0.15, -0.1) is 0 Å². The molecule has 2 atom stereocenters. The molecule has 2 aliphatic rings. The van der Waals surface area contributed by atoms with Crippen molar-refractivity contribution in [3.8, 4) is 11.5 Å². The van der Waals surface area contributed by atoms with Crippen LogP contribution >= 0.6 is 0 Å². The SMILES string of the molecule is COc1ccc(CCn2ccc(C)c(C(=O)N3CC[C@@H]4NCC[C@@H]43)c2=O)cc1OC. The molecule has 0 saturated carbocycles. The van der Waals surface area contributed by atoms with E-state index >= 15 is 0 Å². The van der Waals surface area contributed by atoms with Crippen LogP contribution in [0.2, 0.25) is 0 Å². The summed E-state index contributed by atoms with van der Waals surface area (Å²) < 4.78 is 12.3. The molecule has 0 bridgehead atoms. The van der Waals surface area contributed by atoms with Crippen molar-refractivity contribution >= 4 is 5.91 Å². The lowest BCUT2D eigenvalue weighted by atomic mass is 10.1. The highest BCUT2D eigenvalue weighted by molar-refractivity contribution is 5.95. The van der Waals surface area contributed by atoms with Crippen LogP contribution in [0.1, 0.15) is 34.3 Å². The van der Waals surface area contributed by atoms with Crippen LogP contribution in [0.5, 0.6) is 11.5 Å². The van der Waals surface area contributed by atoms with Gasteiger partial charge in [-0.2, -0.15) is 0 Å². The Morgan fingerprint density at radius 3 is 2.73 bits per heavy atom. The third-order valence-electron chi connectivity index (χ3n) is 6.33. The van der Waals surface area contributed by atoms with Crippen molar-refractivity contribution in [1.82, 2.24) is 14.8 Å². The molecule has 1 amide bonds. The Kier molecular flexibility index (Phi) is 5.81. The second kappa shape index (κ2) is 8.52. The molecule has 0 spiro atoms. The van der Waals surface area contributed by atoms with E-state index < -0.39 is 0 Å². The quantitative estimate of drug-likeness (QED) is 0.787. The molecule has 2 saturated heterocycles. The average molecular weight is 412 g/mol. The number of nitrogens with zero attached hydrogens (tertiary/aromatic N) is 2. The van der Waals surface area contributed by atoms with Gasteiger partial charge < -0.3 is 24.3 Å². The average Bonchev–Trinajstić information content (AvgIpc) is 3.36. The Labute approximate surface area is 176 Å². The molecular weight excluding hydrogens is 382 g/mol. The zero-order valence-electron chi connectivity index (χ0n) is 17.8. The fourth-order valence-electron chi connectivity index (χ4n) is 4.65. The van der Waals surface area contributed by atoms with Crippen LogP contribution in [0.25, 0.3) is 0 Å². The maximum atomic E-state index is 13.3. The monoisotopic (exact) mass is 411 g/mol. The number of hydrogen-bond donors (Lipinski definition) is 1. The normalized spacial score (nSPS) is 20.3. The van der Waals surface area contributed by atoms with Crippen molar-refractivity contribution in [2.75, 3.05) is 27.3 Å². The number of aromatic nitrogens is 1. The lowest BCUT2D eigenvalue weighted by Gasteiger charge is -2.24. The first-order chi connectivity index (χ1) is 14.5. The number of aryl methyl sites for hydroxylation is 3. The van der Waals surface area contributed by atoms with Crippen molar-refractivity contribution in [1.29, 1.82) is 0 Å². The zero-order valence-corrected chi connectivity index (χ0v) is 17.8. The van der Waals surface area contributed by atoms with E-state index in [-0.39, 0.29) is 17.5 Å². The number of ether oxygens (including phenoxy) is 2. The minimum atomic E-state index is -0.213. The van der Waals surface area contributed by atoms with E-state index in [1.165, 1.54) is 0 Å². The number of likely N-dealkylation sites (tertiary alicyclic amines) is 1. The summed E-state index contributed by atoms with van der Waals surface area (Å²) in [5.74, 6) is 1.21. The summed E-state index contributed by atoms with van der Waals surface area (Å²) >= 11 is 0. The Morgan fingerprint density at radius 1 is 1.17 bits per heavy atom. The van der Waals surface area contributed by atoms with E-state index in [0.717, 1.165) is 30.5 Å².